The summed E-state index contributed by atoms with van der Waals surface area (Å²) in [6, 6.07) is 5.29. The first-order valence-corrected chi connectivity index (χ1v) is 7.87. The number of hydrogen-bond acceptors (Lipinski definition) is 5. The number of nitrogens with zero attached hydrogens (tertiary/aromatic N) is 2. The summed E-state index contributed by atoms with van der Waals surface area (Å²) in [5.41, 5.74) is 1.05. The average molecular weight is 318 g/mol. The van der Waals surface area contributed by atoms with Gasteiger partial charge in [-0.25, -0.2) is 0 Å². The predicted molar refractivity (Wildman–Crippen MR) is 85.1 cm³/mol. The molecule has 3 rings (SSSR count). The molecule has 1 aliphatic heterocycles. The Labute approximate surface area is 135 Å². The van der Waals surface area contributed by atoms with Crippen LogP contribution in [0.1, 0.15) is 24.3 Å². The zero-order valence-corrected chi connectivity index (χ0v) is 13.4. The lowest BCUT2D eigenvalue weighted by Gasteiger charge is -2.35. The lowest BCUT2D eigenvalue weighted by atomic mass is 10.2. The van der Waals surface area contributed by atoms with Crippen LogP contribution in [0.25, 0.3) is 11.5 Å². The fraction of sp³-hybridized carbons (Fsp3) is 0.500. The molecule has 0 bridgehead atoms. The maximum absolute atomic E-state index is 12.1. The predicted octanol–water partition coefficient (Wildman–Crippen LogP) is 1.51. The van der Waals surface area contributed by atoms with Gasteiger partial charge in [-0.05, 0) is 26.0 Å². The number of aromatic amines is 1. The van der Waals surface area contributed by atoms with Crippen molar-refractivity contribution in [2.24, 2.45) is 0 Å². The van der Waals surface area contributed by atoms with Crippen molar-refractivity contribution in [1.82, 2.24) is 20.4 Å². The molecule has 0 radical (unpaired) electrons. The molecular formula is C16H22N4O3. The molecule has 0 saturated carbocycles. The Bertz CT molecular complexity index is 628. The number of ether oxygens (including phenoxy) is 1. The maximum Gasteiger partial charge on any atom is 0.271 e. The standard InChI is InChI=1S/C16H22N4O3/c1-11-9-20(10-12(2)23-11)6-5-17-16(21)14-8-13(18-19-14)15-4-3-7-22-15/h3-4,7-8,11-12H,5-6,9-10H2,1-2H3,(H,17,21)(H,18,19). The SMILES string of the molecule is CC1CN(CCNC(=O)c2cc(-c3ccco3)[nH]n2)CC(C)O1. The lowest BCUT2D eigenvalue weighted by Crippen LogP contribution is -2.47. The minimum Gasteiger partial charge on any atom is -0.463 e. The van der Waals surface area contributed by atoms with Crippen LogP contribution in [0.15, 0.2) is 28.9 Å². The summed E-state index contributed by atoms with van der Waals surface area (Å²) in [5.74, 6) is 0.473. The van der Waals surface area contributed by atoms with Gasteiger partial charge in [0.15, 0.2) is 11.5 Å². The van der Waals surface area contributed by atoms with E-state index in [2.05, 4.69) is 34.3 Å². The van der Waals surface area contributed by atoms with Gasteiger partial charge < -0.3 is 14.5 Å². The van der Waals surface area contributed by atoms with E-state index in [1.54, 1.807) is 18.4 Å². The highest BCUT2D eigenvalue weighted by molar-refractivity contribution is 5.93. The van der Waals surface area contributed by atoms with Gasteiger partial charge in [0.05, 0.1) is 18.5 Å². The van der Waals surface area contributed by atoms with E-state index in [9.17, 15) is 4.79 Å². The van der Waals surface area contributed by atoms with Gasteiger partial charge in [-0.15, -0.1) is 0 Å². The lowest BCUT2D eigenvalue weighted by molar-refractivity contribution is -0.0672. The maximum atomic E-state index is 12.1. The van der Waals surface area contributed by atoms with Crippen molar-refractivity contribution >= 4 is 5.91 Å². The number of carbonyl (C=O) groups excluding carboxylic acids is 1. The van der Waals surface area contributed by atoms with Crippen LogP contribution in [-0.4, -0.2) is 59.4 Å². The van der Waals surface area contributed by atoms with Gasteiger partial charge >= 0.3 is 0 Å². The molecule has 7 nitrogen and oxygen atoms in total. The van der Waals surface area contributed by atoms with Gasteiger partial charge in [0.25, 0.3) is 5.91 Å². The highest BCUT2D eigenvalue weighted by Crippen LogP contribution is 2.17. The molecule has 23 heavy (non-hydrogen) atoms. The van der Waals surface area contributed by atoms with Crippen molar-refractivity contribution in [3.8, 4) is 11.5 Å². The van der Waals surface area contributed by atoms with Crippen molar-refractivity contribution in [2.45, 2.75) is 26.1 Å². The number of carbonyl (C=O) groups is 1. The van der Waals surface area contributed by atoms with Gasteiger partial charge in [0.1, 0.15) is 5.69 Å². The van der Waals surface area contributed by atoms with E-state index in [0.717, 1.165) is 19.6 Å². The number of amides is 1. The second kappa shape index (κ2) is 6.97. The van der Waals surface area contributed by atoms with Gasteiger partial charge in [-0.3, -0.25) is 14.8 Å². The molecular weight excluding hydrogens is 296 g/mol. The van der Waals surface area contributed by atoms with E-state index >= 15 is 0 Å². The zero-order valence-electron chi connectivity index (χ0n) is 13.4. The van der Waals surface area contributed by atoms with E-state index in [4.69, 9.17) is 9.15 Å². The molecule has 2 unspecified atom stereocenters. The van der Waals surface area contributed by atoms with E-state index in [1.165, 1.54) is 0 Å². The molecule has 3 heterocycles. The Kier molecular flexibility index (Phi) is 4.78. The van der Waals surface area contributed by atoms with Gasteiger partial charge in [-0.2, -0.15) is 5.10 Å². The summed E-state index contributed by atoms with van der Waals surface area (Å²) >= 11 is 0. The molecule has 0 spiro atoms. The van der Waals surface area contributed by atoms with E-state index in [0.29, 0.717) is 23.7 Å². The average Bonchev–Trinajstić information content (AvgIpc) is 3.17. The molecule has 7 heteroatoms. The van der Waals surface area contributed by atoms with Crippen LogP contribution in [0.2, 0.25) is 0 Å². The first kappa shape index (κ1) is 15.8. The quantitative estimate of drug-likeness (QED) is 0.873. The number of furan rings is 1. The summed E-state index contributed by atoms with van der Waals surface area (Å²) in [6.07, 6.45) is 2.05. The Morgan fingerprint density at radius 2 is 2.22 bits per heavy atom. The number of nitrogens with one attached hydrogen (secondary N) is 2. The minimum atomic E-state index is -0.187. The monoisotopic (exact) mass is 318 g/mol. The summed E-state index contributed by atoms with van der Waals surface area (Å²) < 4.78 is 11.0. The fourth-order valence-corrected chi connectivity index (χ4v) is 2.88. The molecule has 2 aromatic rings. The molecule has 1 fully saturated rings. The van der Waals surface area contributed by atoms with Gasteiger partial charge in [-0.1, -0.05) is 0 Å². The van der Waals surface area contributed by atoms with Gasteiger partial charge in [0, 0.05) is 32.2 Å². The van der Waals surface area contributed by atoms with Crippen molar-refractivity contribution in [3.63, 3.8) is 0 Å². The number of hydrogen-bond donors (Lipinski definition) is 2. The first-order valence-electron chi connectivity index (χ1n) is 7.87. The van der Waals surface area contributed by atoms with E-state index < -0.39 is 0 Å². The molecule has 0 aromatic carbocycles. The molecule has 2 aromatic heterocycles. The van der Waals surface area contributed by atoms with Crippen molar-refractivity contribution in [2.75, 3.05) is 26.2 Å². The topological polar surface area (TPSA) is 83.4 Å². The Morgan fingerprint density at radius 3 is 2.91 bits per heavy atom. The minimum absolute atomic E-state index is 0.187. The third kappa shape index (κ3) is 4.00. The van der Waals surface area contributed by atoms with E-state index in [1.807, 2.05) is 6.07 Å². The third-order valence-electron chi connectivity index (χ3n) is 3.81. The van der Waals surface area contributed by atoms with Crippen LogP contribution >= 0.6 is 0 Å². The molecule has 1 amide bonds. The van der Waals surface area contributed by atoms with Crippen LogP contribution < -0.4 is 5.32 Å². The van der Waals surface area contributed by atoms with Crippen molar-refractivity contribution in [1.29, 1.82) is 0 Å². The Morgan fingerprint density at radius 1 is 1.43 bits per heavy atom. The van der Waals surface area contributed by atoms with E-state index in [-0.39, 0.29) is 18.1 Å². The normalized spacial score (nSPS) is 22.2. The molecule has 2 N–H and O–H groups in total. The summed E-state index contributed by atoms with van der Waals surface area (Å²) in [5, 5.41) is 9.74. The second-order valence-corrected chi connectivity index (χ2v) is 5.92. The highest BCUT2D eigenvalue weighted by atomic mass is 16.5. The number of morpholine rings is 1. The largest absolute Gasteiger partial charge is 0.463 e. The second-order valence-electron chi connectivity index (χ2n) is 5.92. The summed E-state index contributed by atoms with van der Waals surface area (Å²) in [4.78, 5) is 14.4. The molecule has 2 atom stereocenters. The molecule has 0 aliphatic carbocycles. The fourth-order valence-electron chi connectivity index (χ4n) is 2.88. The van der Waals surface area contributed by atoms with Crippen LogP contribution in [0.3, 0.4) is 0 Å². The smallest absolute Gasteiger partial charge is 0.271 e. The van der Waals surface area contributed by atoms with Gasteiger partial charge in [0.2, 0.25) is 0 Å². The summed E-state index contributed by atoms with van der Waals surface area (Å²) in [7, 11) is 0. The van der Waals surface area contributed by atoms with Crippen LogP contribution in [0.4, 0.5) is 0 Å². The highest BCUT2D eigenvalue weighted by Gasteiger charge is 2.22. The zero-order chi connectivity index (χ0) is 16.2. The molecule has 124 valence electrons. The van der Waals surface area contributed by atoms with Crippen molar-refractivity contribution < 1.29 is 13.9 Å². The van der Waals surface area contributed by atoms with Crippen LogP contribution in [-0.2, 0) is 4.74 Å². The Hall–Kier alpha value is -2.12. The van der Waals surface area contributed by atoms with Crippen molar-refractivity contribution in [3.05, 3.63) is 30.2 Å². The number of H-pyrrole nitrogens is 1. The molecule has 1 aliphatic rings. The van der Waals surface area contributed by atoms with Crippen LogP contribution in [0, 0.1) is 0 Å². The first-order chi connectivity index (χ1) is 11.1. The number of aromatic nitrogens is 2. The summed E-state index contributed by atoms with van der Waals surface area (Å²) in [6.45, 7) is 7.32. The number of rotatable bonds is 5. The Balaban J connectivity index is 1.48. The molecule has 1 saturated heterocycles. The van der Waals surface area contributed by atoms with Crippen LogP contribution in [0.5, 0.6) is 0 Å². The third-order valence-corrected chi connectivity index (χ3v) is 3.81.